The van der Waals surface area contributed by atoms with Crippen molar-refractivity contribution in [1.29, 1.82) is 0 Å². The van der Waals surface area contributed by atoms with Crippen LogP contribution in [0.15, 0.2) is 65.6 Å². The maximum Gasteiger partial charge on any atom is 0.587 e. The number of ether oxygens (including phenoxy) is 1. The molecule has 1 aromatic heterocycles. The average Bonchev–Trinajstić information content (AvgIpc) is 3.26. The minimum Gasteiger partial charge on any atom is -0.414 e. The number of hydrogen-bond donors (Lipinski definition) is 1. The number of anilines is 1. The van der Waals surface area contributed by atoms with E-state index in [4.69, 9.17) is 51.7 Å². The lowest BCUT2D eigenvalue weighted by atomic mass is 10.2. The van der Waals surface area contributed by atoms with E-state index in [1.165, 1.54) is 16.8 Å². The third-order valence-corrected chi connectivity index (χ3v) is 13.5. The zero-order chi connectivity index (χ0) is 30.0. The van der Waals surface area contributed by atoms with Crippen LogP contribution >= 0.6 is 31.0 Å². The van der Waals surface area contributed by atoms with Crippen LogP contribution in [0.2, 0.25) is 28.2 Å². The summed E-state index contributed by atoms with van der Waals surface area (Å²) in [7, 11) is -6.55. The molecule has 1 aliphatic heterocycles. The molecule has 0 amide bonds. The maximum atomic E-state index is 14.2. The highest BCUT2D eigenvalue weighted by Gasteiger charge is 2.46. The molecular weight excluding hydrogens is 608 g/mol. The Bertz CT molecular complexity index is 1400. The van der Waals surface area contributed by atoms with Crippen molar-refractivity contribution in [2.75, 3.05) is 12.3 Å². The Morgan fingerprint density at radius 1 is 1.02 bits per heavy atom. The van der Waals surface area contributed by atoms with Crippen molar-refractivity contribution in [3.8, 4) is 11.5 Å². The number of aromatic nitrogens is 2. The molecule has 41 heavy (non-hydrogen) atoms. The van der Waals surface area contributed by atoms with Crippen molar-refractivity contribution in [2.45, 2.75) is 63.8 Å². The summed E-state index contributed by atoms with van der Waals surface area (Å²) >= 11 is 12.0. The van der Waals surface area contributed by atoms with E-state index in [9.17, 15) is 9.36 Å². The highest BCUT2D eigenvalue weighted by molar-refractivity contribution is 7.49. The number of phosphoric acid groups is 1. The van der Waals surface area contributed by atoms with Gasteiger partial charge in [0, 0.05) is 22.7 Å². The minimum atomic E-state index is -4.35. The number of benzene rings is 2. The Morgan fingerprint density at radius 3 is 2.05 bits per heavy atom. The average molecular weight is 643 g/mol. The smallest absolute Gasteiger partial charge is 0.414 e. The van der Waals surface area contributed by atoms with Gasteiger partial charge in [-0.2, -0.15) is 4.98 Å². The van der Waals surface area contributed by atoms with Crippen molar-refractivity contribution < 1.29 is 27.3 Å². The first-order valence-corrected chi connectivity index (χ1v) is 18.1. The van der Waals surface area contributed by atoms with Crippen LogP contribution in [0.5, 0.6) is 11.5 Å². The second-order valence-corrected chi connectivity index (χ2v) is 18.3. The molecule has 1 fully saturated rings. The third kappa shape index (κ3) is 8.13. The number of nitrogen functional groups attached to an aromatic ring is 1. The number of halogens is 2. The van der Waals surface area contributed by atoms with Crippen molar-refractivity contribution in [3.05, 3.63) is 81.3 Å². The molecule has 0 bridgehead atoms. The van der Waals surface area contributed by atoms with Crippen LogP contribution in [0, 0.1) is 0 Å². The van der Waals surface area contributed by atoms with Gasteiger partial charge in [-0.1, -0.05) is 44.0 Å². The number of nitrogens with zero attached hydrogens (tertiary/aromatic N) is 2. The monoisotopic (exact) mass is 641 g/mol. The first-order valence-electron chi connectivity index (χ1n) is 13.0. The molecule has 1 aliphatic rings. The quantitative estimate of drug-likeness (QED) is 0.182. The molecule has 222 valence electrons. The van der Waals surface area contributed by atoms with E-state index in [1.807, 2.05) is 0 Å². The van der Waals surface area contributed by atoms with Crippen molar-refractivity contribution in [2.24, 2.45) is 0 Å². The van der Waals surface area contributed by atoms with Crippen LogP contribution in [0.4, 0.5) is 5.82 Å². The SMILES string of the molecule is CC(C)(C)[Si](C)(C)OC[C@H]1O[C@@H](n2ccc(N)nc2=O)C[C@@H]1OP(=O)(Oc1ccc(Cl)cc1)Oc1ccc(Cl)cc1. The van der Waals surface area contributed by atoms with E-state index in [-0.39, 0.29) is 35.4 Å². The molecule has 3 atom stereocenters. The fraction of sp³-hybridized carbons (Fsp3) is 0.407. The van der Waals surface area contributed by atoms with Crippen LogP contribution in [-0.4, -0.2) is 36.7 Å². The molecular formula is C27H34Cl2N3O7PSi. The molecule has 0 aliphatic carbocycles. The summed E-state index contributed by atoms with van der Waals surface area (Å²) < 4.78 is 46.0. The van der Waals surface area contributed by atoms with Crippen LogP contribution in [-0.2, 0) is 18.3 Å². The summed E-state index contributed by atoms with van der Waals surface area (Å²) in [6, 6.07) is 14.1. The largest absolute Gasteiger partial charge is 0.587 e. The zero-order valence-electron chi connectivity index (χ0n) is 23.5. The van der Waals surface area contributed by atoms with Gasteiger partial charge in [0.1, 0.15) is 35.8 Å². The molecule has 4 rings (SSSR count). The first kappa shape index (κ1) is 31.6. The number of rotatable bonds is 10. The summed E-state index contributed by atoms with van der Waals surface area (Å²) in [5, 5.41) is 0.887. The fourth-order valence-electron chi connectivity index (χ4n) is 3.76. The van der Waals surface area contributed by atoms with Crippen LogP contribution in [0.25, 0.3) is 0 Å². The summed E-state index contributed by atoms with van der Waals surface area (Å²) in [5.74, 6) is 0.525. The topological polar surface area (TPSA) is 124 Å². The van der Waals surface area contributed by atoms with Crippen molar-refractivity contribution >= 4 is 45.2 Å². The van der Waals surface area contributed by atoms with Gasteiger partial charge in [0.05, 0.1) is 6.61 Å². The third-order valence-electron chi connectivity index (χ3n) is 7.08. The van der Waals surface area contributed by atoms with Crippen molar-refractivity contribution in [3.63, 3.8) is 0 Å². The zero-order valence-corrected chi connectivity index (χ0v) is 26.9. The van der Waals surface area contributed by atoms with Gasteiger partial charge in [-0.25, -0.2) is 9.36 Å². The molecule has 2 aromatic carbocycles. The van der Waals surface area contributed by atoms with E-state index >= 15 is 0 Å². The van der Waals surface area contributed by atoms with Gasteiger partial charge >= 0.3 is 13.5 Å². The lowest BCUT2D eigenvalue weighted by molar-refractivity contribution is -0.0420. The summed E-state index contributed by atoms with van der Waals surface area (Å²) in [4.78, 5) is 16.4. The van der Waals surface area contributed by atoms with E-state index in [0.29, 0.717) is 10.0 Å². The Labute approximate surface area is 250 Å². The van der Waals surface area contributed by atoms with Gasteiger partial charge in [0.2, 0.25) is 0 Å². The lowest BCUT2D eigenvalue weighted by Gasteiger charge is -2.37. The fourth-order valence-corrected chi connectivity index (χ4v) is 6.46. The summed E-state index contributed by atoms with van der Waals surface area (Å²) in [6.07, 6.45) is -0.714. The van der Waals surface area contributed by atoms with E-state index in [2.05, 4.69) is 38.8 Å². The second kappa shape index (κ2) is 12.5. The Balaban J connectivity index is 1.65. The van der Waals surface area contributed by atoms with Gasteiger partial charge in [-0.15, -0.1) is 0 Å². The standard InChI is InChI=1S/C27H34Cl2N3O7PSi/c1-27(2,3)41(4,5)35-17-23-22(16-25(36-23)32-15-14-24(30)31-26(32)33)39-40(34,37-20-10-6-18(28)7-11-20)38-21-12-8-19(29)9-13-21/h6-15,22-23,25H,16-17H2,1-5H3,(H2,30,31,33)/t22-,23+,25+/m0/s1. The summed E-state index contributed by atoms with van der Waals surface area (Å²) in [6.45, 7) is 10.7. The second-order valence-electron chi connectivity index (χ2n) is 11.2. The summed E-state index contributed by atoms with van der Waals surface area (Å²) in [5.41, 5.74) is 5.09. The highest BCUT2D eigenvalue weighted by atomic mass is 35.5. The Hall–Kier alpha value is -2.37. The number of phosphoric ester groups is 1. The first-order chi connectivity index (χ1) is 19.1. The molecule has 2 heterocycles. The van der Waals surface area contributed by atoms with Crippen molar-refractivity contribution in [1.82, 2.24) is 9.55 Å². The molecule has 0 spiro atoms. The Kier molecular flexibility index (Phi) is 9.60. The number of nitrogens with two attached hydrogens (primary N) is 1. The molecule has 0 unspecified atom stereocenters. The molecule has 0 saturated carbocycles. The Morgan fingerprint density at radius 2 is 1.56 bits per heavy atom. The van der Waals surface area contributed by atoms with Gasteiger partial charge in [-0.05, 0) is 72.7 Å². The predicted octanol–water partition coefficient (Wildman–Crippen LogP) is 7.09. The van der Waals surface area contributed by atoms with Crippen LogP contribution in [0.3, 0.4) is 0 Å². The van der Waals surface area contributed by atoms with Gasteiger partial charge in [0.15, 0.2) is 8.32 Å². The van der Waals surface area contributed by atoms with Gasteiger partial charge in [-0.3, -0.25) is 9.09 Å². The maximum absolute atomic E-state index is 14.2. The molecule has 3 aromatic rings. The van der Waals surface area contributed by atoms with Gasteiger partial charge in [0.25, 0.3) is 0 Å². The normalized spacial score (nSPS) is 19.7. The minimum absolute atomic E-state index is 0.0656. The van der Waals surface area contributed by atoms with E-state index < -0.39 is 40.3 Å². The van der Waals surface area contributed by atoms with E-state index in [1.54, 1.807) is 48.5 Å². The van der Waals surface area contributed by atoms with Crippen LogP contribution in [0.1, 0.15) is 33.4 Å². The van der Waals surface area contributed by atoms with Gasteiger partial charge < -0.3 is 23.9 Å². The molecule has 2 N–H and O–H groups in total. The molecule has 10 nitrogen and oxygen atoms in total. The predicted molar refractivity (Wildman–Crippen MR) is 161 cm³/mol. The van der Waals surface area contributed by atoms with Crippen LogP contribution < -0.4 is 20.5 Å². The molecule has 14 heteroatoms. The molecule has 1 saturated heterocycles. The van der Waals surface area contributed by atoms with E-state index in [0.717, 1.165) is 0 Å². The lowest BCUT2D eigenvalue weighted by Crippen LogP contribution is -2.44. The number of hydrogen-bond acceptors (Lipinski definition) is 9. The molecule has 0 radical (unpaired) electrons. The highest BCUT2D eigenvalue weighted by Crippen LogP contribution is 2.53.